The second-order valence-corrected chi connectivity index (χ2v) is 2.70. The molecule has 0 bridgehead atoms. The van der Waals surface area contributed by atoms with Crippen molar-refractivity contribution in [2.75, 3.05) is 7.05 Å². The Morgan fingerprint density at radius 1 is 1.18 bits per heavy atom. The van der Waals surface area contributed by atoms with Gasteiger partial charge in [-0.2, -0.15) is 0 Å². The Balaban J connectivity index is 2.99. The van der Waals surface area contributed by atoms with Crippen LogP contribution in [-0.2, 0) is 0 Å². The first-order valence-electron chi connectivity index (χ1n) is 3.83. The number of hydrogen-bond donors (Lipinski definition) is 0. The lowest BCUT2D eigenvalue weighted by molar-refractivity contribution is -0.400. The van der Waals surface area contributed by atoms with Crippen molar-refractivity contribution >= 4 is 11.9 Å². The van der Waals surface area contributed by atoms with E-state index in [0.29, 0.717) is 0 Å². The van der Waals surface area contributed by atoms with E-state index in [4.69, 9.17) is 0 Å². The summed E-state index contributed by atoms with van der Waals surface area (Å²) in [5.41, 5.74) is 2.54. The third kappa shape index (κ3) is 1.90. The quantitative estimate of drug-likeness (QED) is 0.425. The van der Waals surface area contributed by atoms with E-state index < -0.39 is 0 Å². The van der Waals surface area contributed by atoms with Gasteiger partial charge in [-0.15, -0.1) is 0 Å². The molecule has 0 fully saturated rings. The summed E-state index contributed by atoms with van der Waals surface area (Å²) in [6.45, 7) is 4.12. The SMILES string of the molecule is CC=[N+](C)c1ccc(C)cc1. The number of aryl methyl sites for hydroxylation is 1. The highest BCUT2D eigenvalue weighted by Gasteiger charge is 1.98. The minimum Gasteiger partial charge on any atom is -0.206 e. The van der Waals surface area contributed by atoms with E-state index in [1.54, 1.807) is 0 Å². The van der Waals surface area contributed by atoms with E-state index in [2.05, 4.69) is 35.8 Å². The summed E-state index contributed by atoms with van der Waals surface area (Å²) in [7, 11) is 2.05. The van der Waals surface area contributed by atoms with Crippen molar-refractivity contribution in [1.29, 1.82) is 0 Å². The average Bonchev–Trinajstić information content (AvgIpc) is 2.05. The van der Waals surface area contributed by atoms with Gasteiger partial charge in [-0.05, 0) is 6.92 Å². The van der Waals surface area contributed by atoms with Crippen LogP contribution >= 0.6 is 0 Å². The van der Waals surface area contributed by atoms with Crippen LogP contribution < -0.4 is 0 Å². The lowest BCUT2D eigenvalue weighted by Crippen LogP contribution is -1.96. The van der Waals surface area contributed by atoms with Crippen LogP contribution in [0.3, 0.4) is 0 Å². The lowest BCUT2D eigenvalue weighted by Gasteiger charge is -1.94. The van der Waals surface area contributed by atoms with Gasteiger partial charge in [0.05, 0.1) is 0 Å². The fourth-order valence-electron chi connectivity index (χ4n) is 0.929. The van der Waals surface area contributed by atoms with Crippen molar-refractivity contribution in [2.45, 2.75) is 13.8 Å². The zero-order valence-electron chi connectivity index (χ0n) is 7.33. The van der Waals surface area contributed by atoms with Crippen molar-refractivity contribution in [3.05, 3.63) is 29.8 Å². The summed E-state index contributed by atoms with van der Waals surface area (Å²) >= 11 is 0. The molecule has 0 spiro atoms. The molecule has 1 aromatic rings. The topological polar surface area (TPSA) is 3.01 Å². The van der Waals surface area contributed by atoms with Crippen LogP contribution in [-0.4, -0.2) is 17.8 Å². The molecule has 0 saturated heterocycles. The van der Waals surface area contributed by atoms with Crippen LogP contribution in [0.4, 0.5) is 5.69 Å². The molecule has 11 heavy (non-hydrogen) atoms. The molecule has 0 aliphatic heterocycles. The highest BCUT2D eigenvalue weighted by Crippen LogP contribution is 2.09. The number of benzene rings is 1. The van der Waals surface area contributed by atoms with E-state index in [-0.39, 0.29) is 0 Å². The molecule has 0 aromatic heterocycles. The van der Waals surface area contributed by atoms with Crippen molar-refractivity contribution in [3.63, 3.8) is 0 Å². The number of rotatable bonds is 1. The molecule has 0 N–H and O–H groups in total. The molecular formula is C10H14N+. The summed E-state index contributed by atoms with van der Waals surface area (Å²) in [6.07, 6.45) is 2.05. The Bertz CT molecular complexity index is 257. The molecule has 1 nitrogen and oxygen atoms in total. The summed E-state index contributed by atoms with van der Waals surface area (Å²) < 4.78 is 2.10. The molecule has 0 saturated carbocycles. The second-order valence-electron chi connectivity index (χ2n) is 2.70. The van der Waals surface area contributed by atoms with E-state index in [1.165, 1.54) is 11.3 Å². The van der Waals surface area contributed by atoms with Crippen LogP contribution in [0.15, 0.2) is 24.3 Å². The summed E-state index contributed by atoms with van der Waals surface area (Å²) in [4.78, 5) is 0. The Morgan fingerprint density at radius 2 is 1.73 bits per heavy atom. The van der Waals surface area contributed by atoms with Gasteiger partial charge in [0, 0.05) is 19.1 Å². The molecule has 58 valence electrons. The molecule has 1 aromatic carbocycles. The Hall–Kier alpha value is -1.11. The Labute approximate surface area is 68.0 Å². The fourth-order valence-corrected chi connectivity index (χ4v) is 0.929. The van der Waals surface area contributed by atoms with E-state index in [9.17, 15) is 0 Å². The van der Waals surface area contributed by atoms with E-state index >= 15 is 0 Å². The first-order chi connectivity index (χ1) is 5.24. The molecule has 0 heterocycles. The predicted octanol–water partition coefficient (Wildman–Crippen LogP) is 2.36. The van der Waals surface area contributed by atoms with Gasteiger partial charge in [0.1, 0.15) is 13.3 Å². The van der Waals surface area contributed by atoms with Crippen molar-refractivity contribution in [1.82, 2.24) is 0 Å². The van der Waals surface area contributed by atoms with Crippen molar-refractivity contribution < 1.29 is 4.58 Å². The predicted molar refractivity (Wildman–Crippen MR) is 48.8 cm³/mol. The molecule has 0 atom stereocenters. The van der Waals surface area contributed by atoms with Crippen LogP contribution in [0.2, 0.25) is 0 Å². The molecule has 1 heteroatoms. The number of nitrogens with zero attached hydrogens (tertiary/aromatic N) is 1. The van der Waals surface area contributed by atoms with Crippen molar-refractivity contribution in [3.8, 4) is 0 Å². The largest absolute Gasteiger partial charge is 0.206 e. The Kier molecular flexibility index (Phi) is 2.42. The van der Waals surface area contributed by atoms with Crippen LogP contribution in [0, 0.1) is 6.92 Å². The molecule has 0 aliphatic rings. The fraction of sp³-hybridized carbons (Fsp3) is 0.300. The maximum absolute atomic E-state index is 2.12. The first kappa shape index (κ1) is 7.99. The molecule has 0 unspecified atom stereocenters. The molecule has 0 amide bonds. The van der Waals surface area contributed by atoms with Gasteiger partial charge < -0.3 is 0 Å². The highest BCUT2D eigenvalue weighted by molar-refractivity contribution is 5.50. The monoisotopic (exact) mass is 148 g/mol. The minimum atomic E-state index is 1.23. The minimum absolute atomic E-state index is 1.23. The van der Waals surface area contributed by atoms with Gasteiger partial charge in [0.2, 0.25) is 5.69 Å². The van der Waals surface area contributed by atoms with Gasteiger partial charge in [0.15, 0.2) is 0 Å². The average molecular weight is 148 g/mol. The summed E-state index contributed by atoms with van der Waals surface area (Å²) in [5, 5.41) is 0. The normalized spacial score (nSPS) is 11.7. The highest BCUT2D eigenvalue weighted by atomic mass is 15.0. The van der Waals surface area contributed by atoms with E-state index in [1.807, 2.05) is 20.2 Å². The zero-order chi connectivity index (χ0) is 8.27. The van der Waals surface area contributed by atoms with Gasteiger partial charge >= 0.3 is 0 Å². The van der Waals surface area contributed by atoms with Gasteiger partial charge in [-0.25, -0.2) is 4.58 Å². The molecule has 0 radical (unpaired) electrons. The third-order valence-electron chi connectivity index (χ3n) is 1.83. The van der Waals surface area contributed by atoms with Gasteiger partial charge in [-0.1, -0.05) is 17.7 Å². The standard InChI is InChI=1S/C10H14N/c1-4-11(3)10-7-5-9(2)6-8-10/h4-8H,1-3H3/q+1. The third-order valence-corrected chi connectivity index (χ3v) is 1.83. The van der Waals surface area contributed by atoms with Crippen LogP contribution in [0.25, 0.3) is 0 Å². The van der Waals surface area contributed by atoms with Crippen LogP contribution in [0.1, 0.15) is 12.5 Å². The summed E-state index contributed by atoms with van der Waals surface area (Å²) in [6, 6.07) is 8.48. The zero-order valence-corrected chi connectivity index (χ0v) is 7.33. The number of hydrogen-bond acceptors (Lipinski definition) is 0. The Morgan fingerprint density at radius 3 is 2.18 bits per heavy atom. The smallest absolute Gasteiger partial charge is 0.204 e. The van der Waals surface area contributed by atoms with Gasteiger partial charge in [-0.3, -0.25) is 0 Å². The maximum Gasteiger partial charge on any atom is 0.204 e. The maximum atomic E-state index is 2.12. The summed E-state index contributed by atoms with van der Waals surface area (Å²) in [5.74, 6) is 0. The first-order valence-corrected chi connectivity index (χ1v) is 3.83. The van der Waals surface area contributed by atoms with Crippen molar-refractivity contribution in [2.24, 2.45) is 0 Å². The van der Waals surface area contributed by atoms with Gasteiger partial charge in [0.25, 0.3) is 0 Å². The lowest BCUT2D eigenvalue weighted by atomic mass is 10.2. The second kappa shape index (κ2) is 3.33. The molecule has 0 aliphatic carbocycles. The molecular weight excluding hydrogens is 134 g/mol. The van der Waals surface area contributed by atoms with Crippen LogP contribution in [0.5, 0.6) is 0 Å². The van der Waals surface area contributed by atoms with E-state index in [0.717, 1.165) is 0 Å². The molecule has 1 rings (SSSR count).